The molecule has 0 aliphatic carbocycles. The minimum absolute atomic E-state index is 0.534. The van der Waals surface area contributed by atoms with E-state index in [1.807, 2.05) is 31.2 Å². The van der Waals surface area contributed by atoms with Crippen LogP contribution >= 0.6 is 0 Å². The van der Waals surface area contributed by atoms with Gasteiger partial charge in [-0.3, -0.25) is 0 Å². The maximum Gasteiger partial charge on any atom is 0.203 e. The van der Waals surface area contributed by atoms with Crippen LogP contribution in [0.15, 0.2) is 36.7 Å². The Morgan fingerprint density at radius 1 is 0.938 bits per heavy atom. The van der Waals surface area contributed by atoms with Gasteiger partial charge in [0.25, 0.3) is 0 Å². The molecule has 0 atom stereocenters. The molecule has 168 valence electrons. The molecular weight excluding hydrogens is 410 g/mol. The van der Waals surface area contributed by atoms with E-state index in [2.05, 4.69) is 20.2 Å². The smallest absolute Gasteiger partial charge is 0.203 e. The van der Waals surface area contributed by atoms with Crippen molar-refractivity contribution >= 4 is 17.3 Å². The van der Waals surface area contributed by atoms with Gasteiger partial charge in [-0.25, -0.2) is 15.0 Å². The molecule has 3 heterocycles. The maximum absolute atomic E-state index is 5.44. The van der Waals surface area contributed by atoms with Crippen LogP contribution in [-0.2, 0) is 4.74 Å². The van der Waals surface area contributed by atoms with E-state index in [0.29, 0.717) is 28.9 Å². The number of hydrogen-bond acceptors (Lipinski definition) is 9. The minimum atomic E-state index is 0.534. The molecule has 1 aliphatic heterocycles. The van der Waals surface area contributed by atoms with Gasteiger partial charge in [0.05, 0.1) is 34.5 Å². The molecule has 0 saturated carbocycles. The molecule has 0 bridgehead atoms. The lowest BCUT2D eigenvalue weighted by atomic mass is 10.2. The monoisotopic (exact) mass is 437 g/mol. The van der Waals surface area contributed by atoms with E-state index in [9.17, 15) is 0 Å². The van der Waals surface area contributed by atoms with Crippen molar-refractivity contribution in [2.75, 3.05) is 57.8 Å². The fourth-order valence-corrected chi connectivity index (χ4v) is 3.50. The number of methoxy groups -OCH3 is 3. The van der Waals surface area contributed by atoms with Crippen LogP contribution < -0.4 is 24.4 Å². The highest BCUT2D eigenvalue weighted by atomic mass is 16.5. The molecule has 32 heavy (non-hydrogen) atoms. The van der Waals surface area contributed by atoms with Gasteiger partial charge in [-0.05, 0) is 19.1 Å². The first-order chi connectivity index (χ1) is 15.6. The normalized spacial score (nSPS) is 13.6. The molecular formula is C23H27N5O4. The number of pyridine rings is 1. The Morgan fingerprint density at radius 2 is 1.66 bits per heavy atom. The highest BCUT2D eigenvalue weighted by Crippen LogP contribution is 2.40. The second kappa shape index (κ2) is 9.69. The Balaban J connectivity index is 1.59. The van der Waals surface area contributed by atoms with E-state index in [0.717, 1.165) is 48.9 Å². The maximum atomic E-state index is 5.44. The predicted octanol–water partition coefficient (Wildman–Crippen LogP) is 3.45. The van der Waals surface area contributed by atoms with Gasteiger partial charge < -0.3 is 29.2 Å². The van der Waals surface area contributed by atoms with E-state index < -0.39 is 0 Å². The second-order valence-electron chi connectivity index (χ2n) is 7.27. The number of benzene rings is 1. The van der Waals surface area contributed by atoms with Crippen LogP contribution in [0.1, 0.15) is 5.56 Å². The summed E-state index contributed by atoms with van der Waals surface area (Å²) in [6.07, 6.45) is 3.59. The van der Waals surface area contributed by atoms with E-state index in [4.69, 9.17) is 23.9 Å². The van der Waals surface area contributed by atoms with Crippen molar-refractivity contribution in [3.8, 4) is 28.6 Å². The van der Waals surface area contributed by atoms with Crippen molar-refractivity contribution in [3.63, 3.8) is 0 Å². The Bertz CT molecular complexity index is 1040. The fraction of sp³-hybridized carbons (Fsp3) is 0.348. The van der Waals surface area contributed by atoms with Gasteiger partial charge in [0, 0.05) is 54.4 Å². The third kappa shape index (κ3) is 4.52. The summed E-state index contributed by atoms with van der Waals surface area (Å²) in [5, 5.41) is 3.34. The van der Waals surface area contributed by atoms with Gasteiger partial charge in [0.2, 0.25) is 5.75 Å². The van der Waals surface area contributed by atoms with Crippen LogP contribution in [0.5, 0.6) is 17.2 Å². The zero-order valence-corrected chi connectivity index (χ0v) is 18.7. The Labute approximate surface area is 187 Å². The summed E-state index contributed by atoms with van der Waals surface area (Å²) in [5.74, 6) is 3.86. The highest BCUT2D eigenvalue weighted by Gasteiger charge is 2.16. The lowest BCUT2D eigenvalue weighted by molar-refractivity contribution is 0.122. The molecule has 2 aromatic heterocycles. The quantitative estimate of drug-likeness (QED) is 0.597. The number of aryl methyl sites for hydroxylation is 1. The lowest BCUT2D eigenvalue weighted by Gasteiger charge is -2.27. The molecule has 1 saturated heterocycles. The first kappa shape index (κ1) is 21.6. The summed E-state index contributed by atoms with van der Waals surface area (Å²) in [6, 6.07) is 7.66. The average Bonchev–Trinajstić information content (AvgIpc) is 2.85. The number of hydrogen-bond donors (Lipinski definition) is 1. The molecule has 1 fully saturated rings. The zero-order chi connectivity index (χ0) is 22.5. The topological polar surface area (TPSA) is 90.9 Å². The van der Waals surface area contributed by atoms with Gasteiger partial charge >= 0.3 is 0 Å². The van der Waals surface area contributed by atoms with Gasteiger partial charge in [-0.1, -0.05) is 0 Å². The molecule has 4 rings (SSSR count). The second-order valence-corrected chi connectivity index (χ2v) is 7.27. The summed E-state index contributed by atoms with van der Waals surface area (Å²) in [5.41, 5.74) is 2.50. The molecule has 3 aromatic rings. The molecule has 9 nitrogen and oxygen atoms in total. The SMILES string of the molecule is COc1cc(Nc2nc(-c3ccc(N4CCOCC4)nc3)ncc2C)cc(OC)c1OC. The molecule has 9 heteroatoms. The van der Waals surface area contributed by atoms with E-state index in [-0.39, 0.29) is 0 Å². The number of ether oxygens (including phenoxy) is 4. The molecule has 1 aliphatic rings. The molecule has 0 unspecified atom stereocenters. The third-order valence-corrected chi connectivity index (χ3v) is 5.24. The third-order valence-electron chi connectivity index (χ3n) is 5.24. The van der Waals surface area contributed by atoms with Crippen molar-refractivity contribution in [2.24, 2.45) is 0 Å². The first-order valence-corrected chi connectivity index (χ1v) is 10.3. The van der Waals surface area contributed by atoms with E-state index in [1.165, 1.54) is 0 Å². The Kier molecular flexibility index (Phi) is 6.55. The largest absolute Gasteiger partial charge is 0.493 e. The number of morpholine rings is 1. The summed E-state index contributed by atoms with van der Waals surface area (Å²) in [4.78, 5) is 16.0. The summed E-state index contributed by atoms with van der Waals surface area (Å²) in [6.45, 7) is 5.08. The number of aromatic nitrogens is 3. The van der Waals surface area contributed by atoms with Crippen molar-refractivity contribution in [1.29, 1.82) is 0 Å². The van der Waals surface area contributed by atoms with Crippen LogP contribution in [0.2, 0.25) is 0 Å². The first-order valence-electron chi connectivity index (χ1n) is 10.3. The average molecular weight is 438 g/mol. The number of anilines is 3. The standard InChI is InChI=1S/C23H27N5O4/c1-15-13-25-23(16-5-6-20(24-14-16)28-7-9-32-10-8-28)27-22(15)26-17-11-18(29-2)21(31-4)19(12-17)30-3/h5-6,11-14H,7-10H2,1-4H3,(H,25,26,27). The summed E-state index contributed by atoms with van der Waals surface area (Å²) >= 11 is 0. The van der Waals surface area contributed by atoms with Crippen LogP contribution in [0.25, 0.3) is 11.4 Å². The Morgan fingerprint density at radius 3 is 2.25 bits per heavy atom. The zero-order valence-electron chi connectivity index (χ0n) is 18.7. The van der Waals surface area contributed by atoms with Crippen LogP contribution in [0.4, 0.5) is 17.3 Å². The Hall–Kier alpha value is -3.59. The predicted molar refractivity (Wildman–Crippen MR) is 122 cm³/mol. The van der Waals surface area contributed by atoms with Crippen molar-refractivity contribution in [3.05, 3.63) is 42.2 Å². The lowest BCUT2D eigenvalue weighted by Crippen LogP contribution is -2.36. The molecule has 1 N–H and O–H groups in total. The molecule has 0 amide bonds. The van der Waals surface area contributed by atoms with Crippen molar-refractivity contribution in [1.82, 2.24) is 15.0 Å². The van der Waals surface area contributed by atoms with Gasteiger partial charge in [0.15, 0.2) is 17.3 Å². The summed E-state index contributed by atoms with van der Waals surface area (Å²) in [7, 11) is 4.75. The van der Waals surface area contributed by atoms with Gasteiger partial charge in [-0.2, -0.15) is 0 Å². The van der Waals surface area contributed by atoms with E-state index in [1.54, 1.807) is 33.7 Å². The van der Waals surface area contributed by atoms with Gasteiger partial charge in [-0.15, -0.1) is 0 Å². The van der Waals surface area contributed by atoms with Crippen LogP contribution in [-0.4, -0.2) is 62.6 Å². The van der Waals surface area contributed by atoms with Crippen molar-refractivity contribution < 1.29 is 18.9 Å². The number of nitrogens with zero attached hydrogens (tertiary/aromatic N) is 4. The number of rotatable bonds is 7. The molecule has 1 aromatic carbocycles. The molecule has 0 radical (unpaired) electrons. The van der Waals surface area contributed by atoms with Crippen molar-refractivity contribution in [2.45, 2.75) is 6.92 Å². The van der Waals surface area contributed by atoms with E-state index >= 15 is 0 Å². The molecule has 0 spiro atoms. The van der Waals surface area contributed by atoms with Crippen LogP contribution in [0, 0.1) is 6.92 Å². The fourth-order valence-electron chi connectivity index (χ4n) is 3.50. The number of nitrogens with one attached hydrogen (secondary N) is 1. The highest BCUT2D eigenvalue weighted by molar-refractivity contribution is 5.69. The van der Waals surface area contributed by atoms with Gasteiger partial charge in [0.1, 0.15) is 11.6 Å². The summed E-state index contributed by atoms with van der Waals surface area (Å²) < 4.78 is 21.7. The van der Waals surface area contributed by atoms with Crippen LogP contribution in [0.3, 0.4) is 0 Å². The minimum Gasteiger partial charge on any atom is -0.493 e.